The number of likely N-dealkylation sites (N-methyl/N-ethyl adjacent to an activating group) is 1. The van der Waals surface area contributed by atoms with Gasteiger partial charge in [-0.15, -0.1) is 0 Å². The van der Waals surface area contributed by atoms with E-state index in [4.69, 9.17) is 11.6 Å². The highest BCUT2D eigenvalue weighted by atomic mass is 35.5. The number of benzene rings is 1. The molecule has 1 aromatic carbocycles. The van der Waals surface area contributed by atoms with E-state index in [1.54, 1.807) is 18.5 Å². The van der Waals surface area contributed by atoms with Gasteiger partial charge < -0.3 is 4.90 Å². The van der Waals surface area contributed by atoms with Crippen molar-refractivity contribution in [1.29, 1.82) is 0 Å². The van der Waals surface area contributed by atoms with E-state index in [0.29, 0.717) is 28.0 Å². The highest BCUT2D eigenvalue weighted by molar-refractivity contribution is 6.30. The third-order valence-electron chi connectivity index (χ3n) is 6.51. The third-order valence-corrected chi connectivity index (χ3v) is 6.75. The quantitative estimate of drug-likeness (QED) is 0.318. The van der Waals surface area contributed by atoms with Crippen molar-refractivity contribution in [3.63, 3.8) is 0 Å². The van der Waals surface area contributed by atoms with Gasteiger partial charge >= 0.3 is 0 Å². The number of likely N-dealkylation sites (tertiary alicyclic amines) is 1. The molecule has 8 heteroatoms. The molecule has 0 aliphatic carbocycles. The summed E-state index contributed by atoms with van der Waals surface area (Å²) in [5.74, 6) is -0.389. The zero-order valence-corrected chi connectivity index (χ0v) is 19.8. The van der Waals surface area contributed by atoms with Crippen LogP contribution in [0.25, 0.3) is 44.5 Å². The number of hydrogen-bond acceptors (Lipinski definition) is 5. The van der Waals surface area contributed by atoms with Crippen molar-refractivity contribution in [2.24, 2.45) is 0 Å². The Morgan fingerprint density at radius 3 is 2.74 bits per heavy atom. The van der Waals surface area contributed by atoms with Crippen molar-refractivity contribution in [3.8, 4) is 33.5 Å². The molecular weight excluding hydrogens is 463 g/mol. The predicted octanol–water partition coefficient (Wildman–Crippen LogP) is 5.89. The van der Waals surface area contributed by atoms with Gasteiger partial charge in [0.2, 0.25) is 0 Å². The van der Waals surface area contributed by atoms with Crippen LogP contribution in [-0.4, -0.2) is 49.8 Å². The summed E-state index contributed by atoms with van der Waals surface area (Å²) in [5.41, 5.74) is 5.06. The summed E-state index contributed by atoms with van der Waals surface area (Å²) in [6, 6.07) is 12.6. The van der Waals surface area contributed by atoms with Crippen molar-refractivity contribution in [3.05, 3.63) is 84.3 Å². The summed E-state index contributed by atoms with van der Waals surface area (Å²) in [4.78, 5) is 15.9. The first-order valence-corrected chi connectivity index (χ1v) is 11.8. The van der Waals surface area contributed by atoms with Crippen LogP contribution in [0.3, 0.4) is 0 Å². The number of fused-ring (bicyclic) bond motifs is 1. The van der Waals surface area contributed by atoms with E-state index in [1.807, 2.05) is 30.6 Å². The molecule has 6 rings (SSSR count). The molecule has 6 nitrogen and oxygen atoms in total. The summed E-state index contributed by atoms with van der Waals surface area (Å²) in [5, 5.41) is 5.93. The fraction of sp³-hybridized carbons (Fsp3) is 0.185. The summed E-state index contributed by atoms with van der Waals surface area (Å²) < 4.78 is 16.7. The normalized spacial score (nSPS) is 16.3. The van der Waals surface area contributed by atoms with Gasteiger partial charge in [-0.3, -0.25) is 9.67 Å². The minimum absolute atomic E-state index is 0.332. The lowest BCUT2D eigenvalue weighted by Crippen LogP contribution is -2.16. The van der Waals surface area contributed by atoms with E-state index in [2.05, 4.69) is 48.9 Å². The van der Waals surface area contributed by atoms with Crippen LogP contribution < -0.4 is 0 Å². The molecule has 1 atom stereocenters. The van der Waals surface area contributed by atoms with Crippen LogP contribution in [0, 0.1) is 5.82 Å². The van der Waals surface area contributed by atoms with Gasteiger partial charge in [0, 0.05) is 64.0 Å². The van der Waals surface area contributed by atoms with Crippen molar-refractivity contribution in [1.82, 2.24) is 29.6 Å². The van der Waals surface area contributed by atoms with E-state index in [9.17, 15) is 4.39 Å². The van der Waals surface area contributed by atoms with Gasteiger partial charge in [0.1, 0.15) is 5.82 Å². The molecule has 174 valence electrons. The molecule has 0 radical (unpaired) electrons. The summed E-state index contributed by atoms with van der Waals surface area (Å²) >= 11 is 6.16. The lowest BCUT2D eigenvalue weighted by molar-refractivity contribution is 0.382. The number of halogens is 2. The minimum atomic E-state index is -0.389. The largest absolute Gasteiger partial charge is 0.304 e. The molecule has 1 aliphatic rings. The number of rotatable bonds is 4. The van der Waals surface area contributed by atoms with E-state index in [1.165, 1.54) is 12.1 Å². The molecule has 1 aliphatic heterocycles. The zero-order valence-electron chi connectivity index (χ0n) is 19.1. The first-order valence-electron chi connectivity index (χ1n) is 11.4. The summed E-state index contributed by atoms with van der Waals surface area (Å²) in [6.07, 6.45) is 10.4. The van der Waals surface area contributed by atoms with Crippen LogP contribution in [-0.2, 0) is 0 Å². The molecule has 4 aromatic heterocycles. The fourth-order valence-corrected chi connectivity index (χ4v) is 4.86. The topological polar surface area (TPSA) is 59.7 Å². The van der Waals surface area contributed by atoms with Gasteiger partial charge in [-0.25, -0.2) is 14.4 Å². The summed E-state index contributed by atoms with van der Waals surface area (Å²) in [7, 11) is 2.13. The zero-order chi connectivity index (χ0) is 23.9. The van der Waals surface area contributed by atoms with E-state index in [0.717, 1.165) is 47.2 Å². The Kier molecular flexibility index (Phi) is 5.51. The molecule has 0 saturated carbocycles. The van der Waals surface area contributed by atoms with Crippen molar-refractivity contribution >= 4 is 22.6 Å². The second kappa shape index (κ2) is 8.83. The Morgan fingerprint density at radius 1 is 1.00 bits per heavy atom. The molecule has 0 spiro atoms. The average Bonchev–Trinajstić information content (AvgIpc) is 3.54. The molecule has 1 fully saturated rings. The molecule has 0 N–H and O–H groups in total. The van der Waals surface area contributed by atoms with Crippen molar-refractivity contribution in [2.45, 2.75) is 12.5 Å². The molecule has 5 aromatic rings. The molecule has 1 saturated heterocycles. The number of nitrogens with zero attached hydrogens (tertiary/aromatic N) is 6. The third kappa shape index (κ3) is 4.17. The van der Waals surface area contributed by atoms with Gasteiger partial charge in [0.05, 0.1) is 17.9 Å². The summed E-state index contributed by atoms with van der Waals surface area (Å²) in [6.45, 7) is 2.08. The van der Waals surface area contributed by atoms with Crippen molar-refractivity contribution in [2.75, 3.05) is 20.1 Å². The van der Waals surface area contributed by atoms with Crippen LogP contribution in [0.15, 0.2) is 73.4 Å². The molecule has 0 amide bonds. The first kappa shape index (κ1) is 21.8. The monoisotopic (exact) mass is 484 g/mol. The first-order chi connectivity index (χ1) is 17.0. The average molecular weight is 485 g/mol. The van der Waals surface area contributed by atoms with Gasteiger partial charge in [0.15, 0.2) is 5.65 Å². The Hall–Kier alpha value is -3.68. The highest BCUT2D eigenvalue weighted by Crippen LogP contribution is 2.34. The van der Waals surface area contributed by atoms with E-state index < -0.39 is 0 Å². The maximum absolute atomic E-state index is 14.7. The highest BCUT2D eigenvalue weighted by Gasteiger charge is 2.22. The van der Waals surface area contributed by atoms with Crippen LogP contribution in [0.4, 0.5) is 4.39 Å². The Balaban J connectivity index is 1.45. The SMILES string of the molecule is CN1CC[C@@H](n2cc(-c3cncc(-c4cc(-c5cc(Cl)ccc5F)nc5ncccc45)c3)cn2)C1. The van der Waals surface area contributed by atoms with Gasteiger partial charge in [-0.2, -0.15) is 5.10 Å². The fourth-order valence-electron chi connectivity index (χ4n) is 4.69. The number of pyridine rings is 3. The maximum Gasteiger partial charge on any atom is 0.160 e. The number of hydrogen-bond donors (Lipinski definition) is 0. The number of aromatic nitrogens is 5. The Bertz CT molecular complexity index is 1550. The van der Waals surface area contributed by atoms with Gasteiger partial charge in [-0.1, -0.05) is 11.6 Å². The second-order valence-corrected chi connectivity index (χ2v) is 9.37. The van der Waals surface area contributed by atoms with E-state index >= 15 is 0 Å². The van der Waals surface area contributed by atoms with Gasteiger partial charge in [0.25, 0.3) is 0 Å². The molecular formula is C27H22ClFN6. The second-order valence-electron chi connectivity index (χ2n) is 8.93. The minimum Gasteiger partial charge on any atom is -0.304 e. The molecule has 35 heavy (non-hydrogen) atoms. The lowest BCUT2D eigenvalue weighted by Gasteiger charge is -2.11. The van der Waals surface area contributed by atoms with Gasteiger partial charge in [-0.05, 0) is 68.0 Å². The smallest absolute Gasteiger partial charge is 0.160 e. The molecule has 5 heterocycles. The Morgan fingerprint density at radius 2 is 1.89 bits per heavy atom. The van der Waals surface area contributed by atoms with Crippen LogP contribution in [0.5, 0.6) is 0 Å². The van der Waals surface area contributed by atoms with Crippen LogP contribution in [0.1, 0.15) is 12.5 Å². The van der Waals surface area contributed by atoms with Crippen LogP contribution in [0.2, 0.25) is 5.02 Å². The maximum atomic E-state index is 14.7. The van der Waals surface area contributed by atoms with Crippen molar-refractivity contribution < 1.29 is 4.39 Å². The molecule has 0 bridgehead atoms. The predicted molar refractivity (Wildman–Crippen MR) is 136 cm³/mol. The standard InChI is InChI=1S/C27H22ClFN6/c1-34-8-6-21(16-34)35-15-19(14-32-35)17-9-18(13-30-12-17)23-11-26(24-10-20(28)4-5-25(24)29)33-27-22(23)3-2-7-31-27/h2-5,7,9-15,21H,6,8,16H2,1H3/t21-/m1/s1. The molecule has 0 unspecified atom stereocenters. The Labute approximate surface area is 207 Å². The lowest BCUT2D eigenvalue weighted by atomic mass is 9.99. The van der Waals surface area contributed by atoms with Crippen LogP contribution >= 0.6 is 11.6 Å². The van der Waals surface area contributed by atoms with E-state index in [-0.39, 0.29) is 5.82 Å².